The Labute approximate surface area is 144 Å². The lowest BCUT2D eigenvalue weighted by Crippen LogP contribution is -2.25. The van der Waals surface area contributed by atoms with Gasteiger partial charge in [0.05, 0.1) is 0 Å². The molecule has 0 fully saturated rings. The van der Waals surface area contributed by atoms with Crippen LogP contribution in [0.4, 0.5) is 0 Å². The summed E-state index contributed by atoms with van der Waals surface area (Å²) < 4.78 is 11.1. The fourth-order valence-electron chi connectivity index (χ4n) is 2.82. The summed E-state index contributed by atoms with van der Waals surface area (Å²) in [6.07, 6.45) is -0.362. The standard InChI is InChI=1S/C21H21O2P/c1-22-21(23-2)19-15-9-10-16-20(19)24(17-11-5-3-6-12-17)18-13-7-4-8-14-18/h3-16,21H,1-2H3. The lowest BCUT2D eigenvalue weighted by atomic mass is 10.2. The second-order valence-corrected chi connectivity index (χ2v) is 7.55. The third-order valence-corrected chi connectivity index (χ3v) is 6.41. The lowest BCUT2D eigenvalue weighted by Gasteiger charge is -2.25. The van der Waals surface area contributed by atoms with E-state index in [2.05, 4.69) is 78.9 Å². The third-order valence-electron chi connectivity index (χ3n) is 3.89. The minimum absolute atomic E-state index is 0.362. The Bertz CT molecular complexity index is 716. The highest BCUT2D eigenvalue weighted by molar-refractivity contribution is 7.79. The van der Waals surface area contributed by atoms with E-state index in [0.29, 0.717) is 0 Å². The molecule has 0 heterocycles. The van der Waals surface area contributed by atoms with E-state index in [1.54, 1.807) is 14.2 Å². The van der Waals surface area contributed by atoms with Crippen LogP contribution in [0.15, 0.2) is 84.9 Å². The van der Waals surface area contributed by atoms with Crippen LogP contribution in [0.25, 0.3) is 0 Å². The Morgan fingerprint density at radius 1 is 0.625 bits per heavy atom. The maximum Gasteiger partial charge on any atom is 0.183 e. The highest BCUT2D eigenvalue weighted by Crippen LogP contribution is 2.36. The first-order valence-corrected chi connectivity index (χ1v) is 9.24. The van der Waals surface area contributed by atoms with Gasteiger partial charge in [-0.3, -0.25) is 0 Å². The monoisotopic (exact) mass is 336 g/mol. The van der Waals surface area contributed by atoms with Crippen LogP contribution in [0.2, 0.25) is 0 Å². The molecule has 2 nitrogen and oxygen atoms in total. The molecule has 3 rings (SSSR count). The lowest BCUT2D eigenvalue weighted by molar-refractivity contribution is -0.105. The van der Waals surface area contributed by atoms with Gasteiger partial charge in [-0.15, -0.1) is 0 Å². The van der Waals surface area contributed by atoms with E-state index in [1.807, 2.05) is 6.07 Å². The Morgan fingerprint density at radius 2 is 1.08 bits per heavy atom. The summed E-state index contributed by atoms with van der Waals surface area (Å²) in [6.45, 7) is 0. The van der Waals surface area contributed by atoms with Crippen molar-refractivity contribution in [2.24, 2.45) is 0 Å². The van der Waals surface area contributed by atoms with Crippen LogP contribution in [0.1, 0.15) is 11.9 Å². The van der Waals surface area contributed by atoms with Crippen molar-refractivity contribution in [2.45, 2.75) is 6.29 Å². The number of rotatable bonds is 6. The van der Waals surface area contributed by atoms with Gasteiger partial charge >= 0.3 is 0 Å². The SMILES string of the molecule is COC(OC)c1ccccc1P(c1ccccc1)c1ccccc1. The summed E-state index contributed by atoms with van der Waals surface area (Å²) in [5.41, 5.74) is 1.08. The highest BCUT2D eigenvalue weighted by Gasteiger charge is 2.22. The Balaban J connectivity index is 2.17. The van der Waals surface area contributed by atoms with Crippen molar-refractivity contribution < 1.29 is 9.47 Å². The Hall–Kier alpha value is -1.99. The van der Waals surface area contributed by atoms with Gasteiger partial charge in [-0.25, -0.2) is 0 Å². The molecule has 0 radical (unpaired) electrons. The summed E-state index contributed by atoms with van der Waals surface area (Å²) in [6, 6.07) is 29.7. The molecule has 0 saturated carbocycles. The van der Waals surface area contributed by atoms with E-state index >= 15 is 0 Å². The van der Waals surface area contributed by atoms with Gasteiger partial charge in [0.15, 0.2) is 6.29 Å². The molecule has 0 amide bonds. The van der Waals surface area contributed by atoms with Crippen LogP contribution in [-0.2, 0) is 9.47 Å². The van der Waals surface area contributed by atoms with E-state index in [1.165, 1.54) is 15.9 Å². The molecule has 24 heavy (non-hydrogen) atoms. The maximum atomic E-state index is 5.54. The zero-order chi connectivity index (χ0) is 16.8. The fraction of sp³-hybridized carbons (Fsp3) is 0.143. The normalized spacial score (nSPS) is 11.2. The first kappa shape index (κ1) is 16.9. The number of benzene rings is 3. The second kappa shape index (κ2) is 8.21. The molecule has 0 aromatic heterocycles. The Morgan fingerprint density at radius 3 is 1.58 bits per heavy atom. The van der Waals surface area contributed by atoms with Crippen molar-refractivity contribution in [3.8, 4) is 0 Å². The molecular weight excluding hydrogens is 315 g/mol. The van der Waals surface area contributed by atoms with Crippen LogP contribution in [0.5, 0.6) is 0 Å². The molecule has 3 heteroatoms. The fourth-order valence-corrected chi connectivity index (χ4v) is 5.29. The molecular formula is C21H21O2P. The number of methoxy groups -OCH3 is 2. The van der Waals surface area contributed by atoms with Crippen LogP contribution in [0, 0.1) is 0 Å². The molecule has 3 aromatic rings. The Kier molecular flexibility index (Phi) is 5.77. The van der Waals surface area contributed by atoms with Gasteiger partial charge in [-0.1, -0.05) is 84.9 Å². The smallest absolute Gasteiger partial charge is 0.183 e. The largest absolute Gasteiger partial charge is 0.352 e. The minimum atomic E-state index is -0.671. The quantitative estimate of drug-likeness (QED) is 0.504. The average molecular weight is 336 g/mol. The minimum Gasteiger partial charge on any atom is -0.352 e. The van der Waals surface area contributed by atoms with Crippen LogP contribution >= 0.6 is 7.92 Å². The van der Waals surface area contributed by atoms with Crippen LogP contribution in [0.3, 0.4) is 0 Å². The molecule has 0 atom stereocenters. The zero-order valence-electron chi connectivity index (χ0n) is 13.9. The molecule has 0 saturated heterocycles. The predicted octanol–water partition coefficient (Wildman–Crippen LogP) is 3.74. The number of hydrogen-bond acceptors (Lipinski definition) is 2. The highest BCUT2D eigenvalue weighted by atomic mass is 31.1. The van der Waals surface area contributed by atoms with E-state index in [4.69, 9.17) is 9.47 Å². The van der Waals surface area contributed by atoms with E-state index < -0.39 is 7.92 Å². The third kappa shape index (κ3) is 3.57. The molecule has 0 aliphatic rings. The van der Waals surface area contributed by atoms with Crippen molar-refractivity contribution in [1.29, 1.82) is 0 Å². The summed E-state index contributed by atoms with van der Waals surface area (Å²) in [5.74, 6) is 0. The van der Waals surface area contributed by atoms with E-state index in [9.17, 15) is 0 Å². The summed E-state index contributed by atoms with van der Waals surface area (Å²) >= 11 is 0. The second-order valence-electron chi connectivity index (χ2n) is 5.37. The summed E-state index contributed by atoms with van der Waals surface area (Å²) in [5, 5.41) is 3.90. The molecule has 122 valence electrons. The average Bonchev–Trinajstić information content (AvgIpc) is 2.66. The van der Waals surface area contributed by atoms with Crippen molar-refractivity contribution in [3.63, 3.8) is 0 Å². The van der Waals surface area contributed by atoms with Gasteiger partial charge in [0.25, 0.3) is 0 Å². The molecule has 0 aliphatic heterocycles. The van der Waals surface area contributed by atoms with Gasteiger partial charge < -0.3 is 9.47 Å². The molecule has 0 bridgehead atoms. The van der Waals surface area contributed by atoms with Crippen LogP contribution in [-0.4, -0.2) is 14.2 Å². The maximum absolute atomic E-state index is 5.54. The molecule has 3 aromatic carbocycles. The summed E-state index contributed by atoms with van der Waals surface area (Å²) in [4.78, 5) is 0. The predicted molar refractivity (Wildman–Crippen MR) is 102 cm³/mol. The molecule has 0 N–H and O–H groups in total. The van der Waals surface area contributed by atoms with Gasteiger partial charge in [0.1, 0.15) is 0 Å². The van der Waals surface area contributed by atoms with Crippen molar-refractivity contribution >= 4 is 23.8 Å². The van der Waals surface area contributed by atoms with E-state index in [-0.39, 0.29) is 6.29 Å². The topological polar surface area (TPSA) is 18.5 Å². The van der Waals surface area contributed by atoms with Crippen molar-refractivity contribution in [3.05, 3.63) is 90.5 Å². The molecule has 0 spiro atoms. The first-order chi connectivity index (χ1) is 11.8. The molecule has 0 aliphatic carbocycles. The van der Waals surface area contributed by atoms with Crippen molar-refractivity contribution in [2.75, 3.05) is 14.2 Å². The van der Waals surface area contributed by atoms with Gasteiger partial charge in [-0.2, -0.15) is 0 Å². The number of ether oxygens (including phenoxy) is 2. The molecule has 0 unspecified atom stereocenters. The summed E-state index contributed by atoms with van der Waals surface area (Å²) in [7, 11) is 2.69. The van der Waals surface area contributed by atoms with Gasteiger partial charge in [0.2, 0.25) is 0 Å². The zero-order valence-corrected chi connectivity index (χ0v) is 14.8. The first-order valence-electron chi connectivity index (χ1n) is 7.90. The van der Waals surface area contributed by atoms with Crippen molar-refractivity contribution in [1.82, 2.24) is 0 Å². The van der Waals surface area contributed by atoms with E-state index in [0.717, 1.165) is 5.56 Å². The van der Waals surface area contributed by atoms with Gasteiger partial charge in [0, 0.05) is 19.8 Å². The van der Waals surface area contributed by atoms with Gasteiger partial charge in [-0.05, 0) is 23.8 Å². The van der Waals surface area contributed by atoms with Crippen LogP contribution < -0.4 is 15.9 Å². The number of hydrogen-bond donors (Lipinski definition) is 0.